The molecule has 1 aromatic heterocycles. The quantitative estimate of drug-likeness (QED) is 0.431. The van der Waals surface area contributed by atoms with Crippen LogP contribution in [0.25, 0.3) is 0 Å². The first-order valence-electron chi connectivity index (χ1n) is 8.97. The van der Waals surface area contributed by atoms with E-state index in [1.54, 1.807) is 6.07 Å². The van der Waals surface area contributed by atoms with E-state index >= 15 is 0 Å². The minimum atomic E-state index is -3.66. The van der Waals surface area contributed by atoms with E-state index in [4.69, 9.17) is 16.7 Å². The minimum Gasteiger partial charge on any atom is -0.357 e. The molecule has 0 amide bonds. The van der Waals surface area contributed by atoms with E-state index in [1.165, 1.54) is 11.6 Å². The van der Waals surface area contributed by atoms with Gasteiger partial charge in [-0.3, -0.25) is 0 Å². The number of halogens is 1. The number of hydrogen-bond acceptors (Lipinski definition) is 4. The molecule has 1 aromatic carbocycles. The molecule has 0 atom stereocenters. The number of guanidine groups is 1. The molecule has 9 heteroatoms. The smallest absolute Gasteiger partial charge is 0.247 e. The Labute approximate surface area is 176 Å². The summed E-state index contributed by atoms with van der Waals surface area (Å²) < 4.78 is 22.9. The predicted octanol–water partition coefficient (Wildman–Crippen LogP) is 3.37. The van der Waals surface area contributed by atoms with Gasteiger partial charge in [0.2, 0.25) is 10.0 Å². The van der Waals surface area contributed by atoms with Crippen molar-refractivity contribution in [2.24, 2.45) is 15.5 Å². The molecule has 2 aromatic rings. The van der Waals surface area contributed by atoms with Crippen LogP contribution >= 0.6 is 22.9 Å². The van der Waals surface area contributed by atoms with Gasteiger partial charge < -0.3 is 10.6 Å². The molecule has 0 spiro atoms. The molecule has 0 aliphatic carbocycles. The zero-order valence-corrected chi connectivity index (χ0v) is 18.7. The lowest BCUT2D eigenvalue weighted by atomic mass is 9.86. The molecule has 0 radical (unpaired) electrons. The Morgan fingerprint density at radius 1 is 1.25 bits per heavy atom. The molecule has 1 heterocycles. The molecule has 0 fully saturated rings. The van der Waals surface area contributed by atoms with Crippen LogP contribution < -0.4 is 15.8 Å². The van der Waals surface area contributed by atoms with E-state index in [-0.39, 0.29) is 9.62 Å². The summed E-state index contributed by atoms with van der Waals surface area (Å²) >= 11 is 7.22. The standard InChI is InChI=1S/C19H27ClN4O2S2/c1-4-22-18(23-12-16-8-9-17(27-16)28(21,25)26)24-13-19(2,3)11-14-6-5-7-15(20)10-14/h5-10H,4,11-13H2,1-3H3,(H2,21,25,26)(H2,22,23,24). The van der Waals surface area contributed by atoms with Crippen LogP contribution in [0.2, 0.25) is 5.02 Å². The Morgan fingerprint density at radius 3 is 2.61 bits per heavy atom. The van der Waals surface area contributed by atoms with Crippen molar-refractivity contribution in [2.45, 2.75) is 37.9 Å². The fourth-order valence-corrected chi connectivity index (χ4v) is 4.60. The molecule has 2 rings (SSSR count). The molecular weight excluding hydrogens is 416 g/mol. The normalized spacial score (nSPS) is 12.8. The number of nitrogens with two attached hydrogens (primary N) is 1. The lowest BCUT2D eigenvalue weighted by Crippen LogP contribution is -2.42. The number of benzene rings is 1. The van der Waals surface area contributed by atoms with Crippen LogP contribution in [0.5, 0.6) is 0 Å². The number of aliphatic imine (C=N–C) groups is 1. The third-order valence-electron chi connectivity index (χ3n) is 3.96. The summed E-state index contributed by atoms with van der Waals surface area (Å²) in [6.07, 6.45) is 0.878. The van der Waals surface area contributed by atoms with Crippen LogP contribution in [0.4, 0.5) is 0 Å². The topological polar surface area (TPSA) is 96.6 Å². The SMILES string of the molecule is CCNC(=NCc1ccc(S(N)(=O)=O)s1)NCC(C)(C)Cc1cccc(Cl)c1. The molecule has 4 N–H and O–H groups in total. The molecule has 0 saturated carbocycles. The van der Waals surface area contributed by atoms with E-state index in [0.717, 1.165) is 40.7 Å². The van der Waals surface area contributed by atoms with Crippen molar-refractivity contribution in [1.29, 1.82) is 0 Å². The van der Waals surface area contributed by atoms with Gasteiger partial charge in [-0.05, 0) is 48.6 Å². The van der Waals surface area contributed by atoms with Crippen LogP contribution in [0.1, 0.15) is 31.2 Å². The van der Waals surface area contributed by atoms with Gasteiger partial charge in [0, 0.05) is 23.0 Å². The number of rotatable bonds is 8. The average Bonchev–Trinajstić information content (AvgIpc) is 3.06. The molecule has 154 valence electrons. The van der Waals surface area contributed by atoms with Crippen molar-refractivity contribution in [3.63, 3.8) is 0 Å². The van der Waals surface area contributed by atoms with Crippen molar-refractivity contribution in [3.05, 3.63) is 51.9 Å². The van der Waals surface area contributed by atoms with Crippen molar-refractivity contribution in [3.8, 4) is 0 Å². The maximum Gasteiger partial charge on any atom is 0.247 e. The monoisotopic (exact) mass is 442 g/mol. The summed E-state index contributed by atoms with van der Waals surface area (Å²) in [6.45, 7) is 8.19. The first-order chi connectivity index (χ1) is 13.1. The van der Waals surface area contributed by atoms with Gasteiger partial charge in [0.1, 0.15) is 4.21 Å². The highest BCUT2D eigenvalue weighted by atomic mass is 35.5. The molecule has 0 unspecified atom stereocenters. The van der Waals surface area contributed by atoms with Gasteiger partial charge in [-0.15, -0.1) is 11.3 Å². The Morgan fingerprint density at radius 2 is 2.00 bits per heavy atom. The minimum absolute atomic E-state index is 0.00932. The molecule has 0 saturated heterocycles. The van der Waals surface area contributed by atoms with Gasteiger partial charge in [-0.2, -0.15) is 0 Å². The average molecular weight is 443 g/mol. The van der Waals surface area contributed by atoms with Crippen LogP contribution in [-0.2, 0) is 23.0 Å². The lowest BCUT2D eigenvalue weighted by Gasteiger charge is -2.26. The Kier molecular flexibility index (Phi) is 7.88. The first-order valence-corrected chi connectivity index (χ1v) is 11.7. The zero-order valence-electron chi connectivity index (χ0n) is 16.3. The van der Waals surface area contributed by atoms with Gasteiger partial charge in [-0.25, -0.2) is 18.5 Å². The van der Waals surface area contributed by atoms with E-state index in [9.17, 15) is 8.42 Å². The summed E-state index contributed by atoms with van der Waals surface area (Å²) in [6, 6.07) is 11.1. The molecule has 0 aliphatic rings. The van der Waals surface area contributed by atoms with Gasteiger partial charge in [0.25, 0.3) is 0 Å². The summed E-state index contributed by atoms with van der Waals surface area (Å²) in [5.41, 5.74) is 1.18. The number of thiophene rings is 1. The largest absolute Gasteiger partial charge is 0.357 e. The van der Waals surface area contributed by atoms with Gasteiger partial charge in [-0.1, -0.05) is 37.6 Å². The Hall–Kier alpha value is -1.61. The van der Waals surface area contributed by atoms with Crippen molar-refractivity contribution < 1.29 is 8.42 Å². The summed E-state index contributed by atoms with van der Waals surface area (Å²) in [7, 11) is -3.66. The molecule has 0 aliphatic heterocycles. The highest BCUT2D eigenvalue weighted by Gasteiger charge is 2.19. The van der Waals surface area contributed by atoms with Crippen LogP contribution in [0, 0.1) is 5.41 Å². The van der Waals surface area contributed by atoms with E-state index in [2.05, 4.69) is 35.5 Å². The van der Waals surface area contributed by atoms with Crippen LogP contribution in [-0.4, -0.2) is 27.5 Å². The third kappa shape index (κ3) is 7.43. The van der Waals surface area contributed by atoms with Crippen molar-refractivity contribution in [2.75, 3.05) is 13.1 Å². The van der Waals surface area contributed by atoms with E-state index in [1.807, 2.05) is 25.1 Å². The molecular formula is C19H27ClN4O2S2. The summed E-state index contributed by atoms with van der Waals surface area (Å²) in [4.78, 5) is 5.38. The van der Waals surface area contributed by atoms with Crippen LogP contribution in [0.3, 0.4) is 0 Å². The fraction of sp³-hybridized carbons (Fsp3) is 0.421. The second-order valence-electron chi connectivity index (χ2n) is 7.29. The van der Waals surface area contributed by atoms with Crippen LogP contribution in [0.15, 0.2) is 45.6 Å². The number of hydrogen-bond donors (Lipinski definition) is 3. The number of primary sulfonamides is 1. The summed E-state index contributed by atoms with van der Waals surface area (Å²) in [5, 5.41) is 12.5. The zero-order chi connectivity index (χ0) is 20.8. The predicted molar refractivity (Wildman–Crippen MR) is 117 cm³/mol. The van der Waals surface area contributed by atoms with E-state index < -0.39 is 10.0 Å². The number of nitrogens with one attached hydrogen (secondary N) is 2. The highest BCUT2D eigenvalue weighted by molar-refractivity contribution is 7.91. The highest BCUT2D eigenvalue weighted by Crippen LogP contribution is 2.23. The van der Waals surface area contributed by atoms with Crippen molar-refractivity contribution in [1.82, 2.24) is 10.6 Å². The molecule has 28 heavy (non-hydrogen) atoms. The Bertz CT molecular complexity index is 924. The van der Waals surface area contributed by atoms with Gasteiger partial charge >= 0.3 is 0 Å². The Balaban J connectivity index is 1.99. The first kappa shape index (κ1) is 22.7. The van der Waals surface area contributed by atoms with Crippen molar-refractivity contribution >= 4 is 38.9 Å². The third-order valence-corrected chi connectivity index (χ3v) is 6.70. The fourth-order valence-electron chi connectivity index (χ4n) is 2.68. The second-order valence-corrected chi connectivity index (χ2v) is 10.7. The summed E-state index contributed by atoms with van der Waals surface area (Å²) in [5.74, 6) is 0.687. The maximum absolute atomic E-state index is 11.4. The molecule has 6 nitrogen and oxygen atoms in total. The second kappa shape index (κ2) is 9.73. The van der Waals surface area contributed by atoms with Gasteiger partial charge in [0.05, 0.1) is 6.54 Å². The number of nitrogens with zero attached hydrogens (tertiary/aromatic N) is 1. The molecule has 0 bridgehead atoms. The van der Waals surface area contributed by atoms with E-state index in [0.29, 0.717) is 12.5 Å². The lowest BCUT2D eigenvalue weighted by molar-refractivity contribution is 0.359. The maximum atomic E-state index is 11.4. The van der Waals surface area contributed by atoms with Gasteiger partial charge in [0.15, 0.2) is 5.96 Å². The number of sulfonamides is 1.